The van der Waals surface area contributed by atoms with Gasteiger partial charge in [-0.15, -0.1) is 0 Å². The zero-order chi connectivity index (χ0) is 26.0. The normalized spacial score (nSPS) is 16.6. The van der Waals surface area contributed by atoms with Crippen molar-refractivity contribution in [2.75, 3.05) is 0 Å². The Kier molecular flexibility index (Phi) is 7.96. The highest BCUT2D eigenvalue weighted by Gasteiger charge is 2.39. The molecule has 0 aliphatic heterocycles. The molecule has 3 aromatic carbocycles. The van der Waals surface area contributed by atoms with Crippen LogP contribution in [0.4, 0.5) is 26.3 Å². The van der Waals surface area contributed by atoms with Gasteiger partial charge in [0.25, 0.3) is 0 Å². The van der Waals surface area contributed by atoms with Gasteiger partial charge in [0.1, 0.15) is 18.2 Å². The number of alkyl halides is 2. The molecule has 0 saturated carbocycles. The average Bonchev–Trinajstić information content (AvgIpc) is 2.86. The maximum Gasteiger partial charge on any atom is 0.200 e. The van der Waals surface area contributed by atoms with E-state index in [1.807, 2.05) is 13.8 Å². The minimum Gasteiger partial charge on any atom is -0.486 e. The van der Waals surface area contributed by atoms with Crippen molar-refractivity contribution in [1.29, 1.82) is 0 Å². The maximum absolute atomic E-state index is 15.3. The molecule has 0 heterocycles. The van der Waals surface area contributed by atoms with Gasteiger partial charge in [0.15, 0.2) is 23.9 Å². The summed E-state index contributed by atoms with van der Waals surface area (Å²) in [5.41, 5.74) is -0.411. The minimum absolute atomic E-state index is 0.0586. The van der Waals surface area contributed by atoms with Gasteiger partial charge in [-0.3, -0.25) is 0 Å². The van der Waals surface area contributed by atoms with Crippen molar-refractivity contribution in [3.63, 3.8) is 0 Å². The van der Waals surface area contributed by atoms with Gasteiger partial charge in [0.05, 0.1) is 0 Å². The molecule has 2 atom stereocenters. The average molecular weight is 507 g/mol. The number of rotatable bonds is 9. The summed E-state index contributed by atoms with van der Waals surface area (Å²) in [6.45, 7) is 3.33. The highest BCUT2D eigenvalue weighted by atomic mass is 19.2. The summed E-state index contributed by atoms with van der Waals surface area (Å²) in [6.07, 6.45) is -0.841. The first-order chi connectivity index (χ1) is 17.3. The summed E-state index contributed by atoms with van der Waals surface area (Å²) in [4.78, 5) is 0. The quantitative estimate of drug-likeness (QED) is 0.208. The van der Waals surface area contributed by atoms with E-state index in [4.69, 9.17) is 4.74 Å². The maximum atomic E-state index is 15.3. The van der Waals surface area contributed by atoms with E-state index in [1.165, 1.54) is 36.4 Å². The summed E-state index contributed by atoms with van der Waals surface area (Å²) < 4.78 is 94.7. The van der Waals surface area contributed by atoms with Crippen LogP contribution in [0.15, 0.2) is 36.4 Å². The van der Waals surface area contributed by atoms with Gasteiger partial charge in [0.2, 0.25) is 5.82 Å². The van der Waals surface area contributed by atoms with Crippen molar-refractivity contribution in [2.45, 2.75) is 71.3 Å². The molecular weight excluding hydrogens is 478 g/mol. The van der Waals surface area contributed by atoms with Crippen LogP contribution >= 0.6 is 0 Å². The van der Waals surface area contributed by atoms with Gasteiger partial charge in [-0.05, 0) is 47.6 Å². The summed E-state index contributed by atoms with van der Waals surface area (Å²) in [5, 5.41) is 0. The molecular formula is C29H28F6O. The molecule has 2 unspecified atom stereocenters. The molecule has 1 aliphatic carbocycles. The fraction of sp³-hybridized carbons (Fsp3) is 0.379. The number of fused-ring (bicyclic) bond motifs is 3. The Hall–Kier alpha value is -2.96. The van der Waals surface area contributed by atoms with E-state index in [-0.39, 0.29) is 27.8 Å². The van der Waals surface area contributed by atoms with Gasteiger partial charge in [-0.25, -0.2) is 22.0 Å². The van der Waals surface area contributed by atoms with Crippen LogP contribution in [0.1, 0.15) is 79.7 Å². The second-order valence-electron chi connectivity index (χ2n) is 9.15. The summed E-state index contributed by atoms with van der Waals surface area (Å²) >= 11 is 0. The molecule has 4 rings (SSSR count). The van der Waals surface area contributed by atoms with Crippen molar-refractivity contribution in [1.82, 2.24) is 0 Å². The molecule has 0 amide bonds. The fourth-order valence-electron chi connectivity index (χ4n) is 4.75. The lowest BCUT2D eigenvalue weighted by atomic mass is 9.81. The number of aryl methyl sites for hydroxylation is 2. The van der Waals surface area contributed by atoms with Crippen LogP contribution < -0.4 is 4.74 Å². The van der Waals surface area contributed by atoms with E-state index >= 15 is 13.2 Å². The van der Waals surface area contributed by atoms with E-state index < -0.39 is 59.1 Å². The second kappa shape index (κ2) is 11.0. The molecule has 3 aromatic rings. The Morgan fingerprint density at radius 1 is 0.611 bits per heavy atom. The predicted molar refractivity (Wildman–Crippen MR) is 127 cm³/mol. The van der Waals surface area contributed by atoms with Crippen LogP contribution in [0.2, 0.25) is 0 Å². The van der Waals surface area contributed by atoms with Gasteiger partial charge in [-0.2, -0.15) is 4.39 Å². The third kappa shape index (κ3) is 4.72. The minimum atomic E-state index is -2.42. The molecule has 0 saturated heterocycles. The monoisotopic (exact) mass is 506 g/mol. The predicted octanol–water partition coefficient (Wildman–Crippen LogP) is 9.21. The Balaban J connectivity index is 1.62. The number of hydrogen-bond donors (Lipinski definition) is 0. The Bertz CT molecular complexity index is 1260. The van der Waals surface area contributed by atoms with Crippen molar-refractivity contribution in [3.05, 3.63) is 87.5 Å². The van der Waals surface area contributed by atoms with Crippen LogP contribution in [0, 0.1) is 23.3 Å². The number of benzene rings is 3. The van der Waals surface area contributed by atoms with Crippen molar-refractivity contribution < 1.29 is 31.1 Å². The second-order valence-corrected chi connectivity index (χ2v) is 9.15. The lowest BCUT2D eigenvalue weighted by Gasteiger charge is -2.28. The first-order valence-electron chi connectivity index (χ1n) is 12.3. The van der Waals surface area contributed by atoms with E-state index in [9.17, 15) is 13.2 Å². The number of hydrogen-bond acceptors (Lipinski definition) is 1. The van der Waals surface area contributed by atoms with Gasteiger partial charge in [-0.1, -0.05) is 63.4 Å². The Morgan fingerprint density at radius 3 is 1.78 bits per heavy atom. The standard InChI is InChI=1S/C29H28F6O/c1-3-5-6-8-17-11-14-21(27(33)26(17)32)36-15-18-10-13-20-19-12-9-16(7-4-2)24(30)22(19)28(34)29(35)23(20)25(18)31/h9-14,28-29H,3-8,15H2,1-2H3. The lowest BCUT2D eigenvalue weighted by Crippen LogP contribution is -2.17. The molecule has 0 spiro atoms. The number of ether oxygens (including phenoxy) is 1. The van der Waals surface area contributed by atoms with E-state index in [2.05, 4.69) is 0 Å². The van der Waals surface area contributed by atoms with Gasteiger partial charge >= 0.3 is 0 Å². The molecule has 192 valence electrons. The summed E-state index contributed by atoms with van der Waals surface area (Å²) in [5.74, 6) is -4.46. The fourth-order valence-corrected chi connectivity index (χ4v) is 4.75. The zero-order valence-electron chi connectivity index (χ0n) is 20.2. The van der Waals surface area contributed by atoms with Gasteiger partial charge < -0.3 is 4.74 Å². The van der Waals surface area contributed by atoms with Gasteiger partial charge in [0, 0.05) is 16.7 Å². The van der Waals surface area contributed by atoms with Crippen LogP contribution in [-0.4, -0.2) is 0 Å². The molecule has 7 heteroatoms. The van der Waals surface area contributed by atoms with Crippen molar-refractivity contribution in [3.8, 4) is 16.9 Å². The molecule has 1 nitrogen and oxygen atoms in total. The van der Waals surface area contributed by atoms with Crippen molar-refractivity contribution in [2.24, 2.45) is 0 Å². The topological polar surface area (TPSA) is 9.23 Å². The van der Waals surface area contributed by atoms with Crippen molar-refractivity contribution >= 4 is 0 Å². The molecule has 36 heavy (non-hydrogen) atoms. The van der Waals surface area contributed by atoms with Crippen LogP contribution in [0.5, 0.6) is 5.75 Å². The third-order valence-electron chi connectivity index (χ3n) is 6.70. The molecule has 1 aliphatic rings. The smallest absolute Gasteiger partial charge is 0.200 e. The number of halogens is 6. The largest absolute Gasteiger partial charge is 0.486 e. The summed E-state index contributed by atoms with van der Waals surface area (Å²) in [7, 11) is 0. The summed E-state index contributed by atoms with van der Waals surface area (Å²) in [6, 6.07) is 8.37. The van der Waals surface area contributed by atoms with Crippen LogP contribution in [-0.2, 0) is 19.4 Å². The molecule has 0 N–H and O–H groups in total. The van der Waals surface area contributed by atoms with E-state index in [0.29, 0.717) is 19.3 Å². The molecule has 0 fully saturated rings. The highest BCUT2D eigenvalue weighted by molar-refractivity contribution is 5.76. The highest BCUT2D eigenvalue weighted by Crippen LogP contribution is 2.51. The Labute approximate surface area is 207 Å². The number of unbranched alkanes of at least 4 members (excludes halogenated alkanes) is 2. The molecule has 0 aromatic heterocycles. The Morgan fingerprint density at radius 2 is 1.17 bits per heavy atom. The van der Waals surface area contributed by atoms with Crippen LogP contribution in [0.3, 0.4) is 0 Å². The van der Waals surface area contributed by atoms with Crippen LogP contribution in [0.25, 0.3) is 11.1 Å². The van der Waals surface area contributed by atoms with E-state index in [0.717, 1.165) is 19.3 Å². The third-order valence-corrected chi connectivity index (χ3v) is 6.70. The first kappa shape index (κ1) is 26.1. The lowest BCUT2D eigenvalue weighted by molar-refractivity contribution is 0.159. The first-order valence-corrected chi connectivity index (χ1v) is 12.3. The SMILES string of the molecule is CCCCCc1ccc(OCc2ccc3c(c2F)C(F)C(F)c2c-3ccc(CCC)c2F)c(F)c1F. The molecule has 0 bridgehead atoms. The van der Waals surface area contributed by atoms with E-state index in [1.54, 1.807) is 0 Å². The molecule has 0 radical (unpaired) electrons. The zero-order valence-corrected chi connectivity index (χ0v) is 20.2.